The number of terminal acetylenes is 1. The molecule has 2 aromatic rings. The second-order valence-corrected chi connectivity index (χ2v) is 6.72. The molecule has 1 aliphatic rings. The summed E-state index contributed by atoms with van der Waals surface area (Å²) >= 11 is 3.45. The Hall–Kier alpha value is -1.76. The zero-order valence-corrected chi connectivity index (χ0v) is 14.6. The maximum atomic E-state index is 5.97. The fourth-order valence-electron chi connectivity index (χ4n) is 3.01. The van der Waals surface area contributed by atoms with E-state index in [0.717, 1.165) is 28.6 Å². The van der Waals surface area contributed by atoms with Gasteiger partial charge in [0.25, 0.3) is 0 Å². The zero-order valence-electron chi connectivity index (χ0n) is 13.0. The highest BCUT2D eigenvalue weighted by Crippen LogP contribution is 2.32. The van der Waals surface area contributed by atoms with Crippen molar-refractivity contribution in [2.75, 3.05) is 6.54 Å². The third-order valence-electron chi connectivity index (χ3n) is 4.20. The van der Waals surface area contributed by atoms with Gasteiger partial charge < -0.3 is 4.74 Å². The van der Waals surface area contributed by atoms with Crippen molar-refractivity contribution in [2.45, 2.75) is 31.9 Å². The Morgan fingerprint density at radius 2 is 2.04 bits per heavy atom. The summed E-state index contributed by atoms with van der Waals surface area (Å²) in [5.41, 5.74) is 3.90. The average Bonchev–Trinajstić information content (AvgIpc) is 2.59. The summed E-state index contributed by atoms with van der Waals surface area (Å²) in [6, 6.07) is 15.0. The first kappa shape index (κ1) is 16.1. The Balaban J connectivity index is 1.71. The van der Waals surface area contributed by atoms with Gasteiger partial charge in [0.2, 0.25) is 0 Å². The summed E-state index contributed by atoms with van der Waals surface area (Å²) in [4.78, 5) is 0. The standard InChI is InChI=1S/C20H20BrNO/c1-2-12-22-20-5-3-4-16-8-11-18(13-19(16)20)23-14-15-6-9-17(21)10-7-15/h1,6-11,13,20,22H,3-5,12,14H2. The summed E-state index contributed by atoms with van der Waals surface area (Å²) in [7, 11) is 0. The summed E-state index contributed by atoms with van der Waals surface area (Å²) in [5, 5.41) is 3.44. The van der Waals surface area contributed by atoms with Crippen molar-refractivity contribution < 1.29 is 4.74 Å². The highest BCUT2D eigenvalue weighted by Gasteiger charge is 2.20. The lowest BCUT2D eigenvalue weighted by molar-refractivity contribution is 0.305. The van der Waals surface area contributed by atoms with Crippen LogP contribution >= 0.6 is 15.9 Å². The van der Waals surface area contributed by atoms with Crippen molar-refractivity contribution in [3.05, 3.63) is 63.6 Å². The maximum Gasteiger partial charge on any atom is 0.120 e. The number of fused-ring (bicyclic) bond motifs is 1. The molecule has 1 N–H and O–H groups in total. The van der Waals surface area contributed by atoms with Crippen LogP contribution in [0.5, 0.6) is 5.75 Å². The summed E-state index contributed by atoms with van der Waals surface area (Å²) in [5.74, 6) is 3.58. The molecule has 0 amide bonds. The van der Waals surface area contributed by atoms with Crippen molar-refractivity contribution in [2.24, 2.45) is 0 Å². The number of benzene rings is 2. The number of rotatable bonds is 5. The van der Waals surface area contributed by atoms with Gasteiger partial charge in [0.05, 0.1) is 6.54 Å². The molecule has 23 heavy (non-hydrogen) atoms. The first-order chi connectivity index (χ1) is 11.3. The van der Waals surface area contributed by atoms with E-state index in [9.17, 15) is 0 Å². The van der Waals surface area contributed by atoms with Crippen molar-refractivity contribution in [1.29, 1.82) is 0 Å². The zero-order chi connectivity index (χ0) is 16.1. The van der Waals surface area contributed by atoms with E-state index in [0.29, 0.717) is 19.2 Å². The number of nitrogens with one attached hydrogen (secondary N) is 1. The average molecular weight is 370 g/mol. The summed E-state index contributed by atoms with van der Waals surface area (Å²) < 4.78 is 7.05. The number of ether oxygens (including phenoxy) is 1. The molecule has 1 atom stereocenters. The van der Waals surface area contributed by atoms with Crippen LogP contribution in [0.4, 0.5) is 0 Å². The molecule has 118 valence electrons. The molecule has 0 saturated carbocycles. The van der Waals surface area contributed by atoms with Crippen LogP contribution in [0.2, 0.25) is 0 Å². The maximum absolute atomic E-state index is 5.97. The van der Waals surface area contributed by atoms with E-state index < -0.39 is 0 Å². The van der Waals surface area contributed by atoms with Crippen LogP contribution in [0.3, 0.4) is 0 Å². The van der Waals surface area contributed by atoms with Crippen LogP contribution in [0.1, 0.15) is 35.6 Å². The quantitative estimate of drug-likeness (QED) is 0.775. The molecule has 1 unspecified atom stereocenters. The van der Waals surface area contributed by atoms with Gasteiger partial charge in [0, 0.05) is 10.5 Å². The Kier molecular flexibility index (Phi) is 5.38. The van der Waals surface area contributed by atoms with E-state index in [-0.39, 0.29) is 0 Å². The number of hydrogen-bond acceptors (Lipinski definition) is 2. The van der Waals surface area contributed by atoms with Gasteiger partial charge in [0.15, 0.2) is 0 Å². The molecular formula is C20H20BrNO. The number of aryl methyl sites for hydroxylation is 1. The van der Waals surface area contributed by atoms with Gasteiger partial charge in [-0.2, -0.15) is 0 Å². The molecule has 0 radical (unpaired) electrons. The Morgan fingerprint density at radius 3 is 2.83 bits per heavy atom. The predicted octanol–water partition coefficient (Wildman–Crippen LogP) is 4.63. The minimum atomic E-state index is 0.339. The van der Waals surface area contributed by atoms with Gasteiger partial charge in [-0.05, 0) is 60.2 Å². The van der Waals surface area contributed by atoms with Crippen LogP contribution in [-0.2, 0) is 13.0 Å². The molecule has 3 rings (SSSR count). The van der Waals surface area contributed by atoms with Crippen LogP contribution in [0, 0.1) is 12.3 Å². The second kappa shape index (κ2) is 7.68. The van der Waals surface area contributed by atoms with Crippen LogP contribution in [0.25, 0.3) is 0 Å². The third-order valence-corrected chi connectivity index (χ3v) is 4.73. The van der Waals surface area contributed by atoms with Crippen molar-refractivity contribution in [3.63, 3.8) is 0 Å². The van der Waals surface area contributed by atoms with E-state index in [2.05, 4.69) is 57.5 Å². The molecule has 0 fully saturated rings. The van der Waals surface area contributed by atoms with Crippen molar-refractivity contribution in [1.82, 2.24) is 5.32 Å². The van der Waals surface area contributed by atoms with E-state index in [1.165, 1.54) is 17.5 Å². The number of halogens is 1. The lowest BCUT2D eigenvalue weighted by Crippen LogP contribution is -2.25. The molecule has 0 heterocycles. The molecule has 0 bridgehead atoms. The van der Waals surface area contributed by atoms with Gasteiger partial charge in [-0.3, -0.25) is 5.32 Å². The molecule has 0 aromatic heterocycles. The van der Waals surface area contributed by atoms with Gasteiger partial charge >= 0.3 is 0 Å². The predicted molar refractivity (Wildman–Crippen MR) is 97.4 cm³/mol. The van der Waals surface area contributed by atoms with Crippen molar-refractivity contribution >= 4 is 15.9 Å². The summed E-state index contributed by atoms with van der Waals surface area (Å²) in [6.07, 6.45) is 8.85. The highest BCUT2D eigenvalue weighted by atomic mass is 79.9. The molecule has 0 saturated heterocycles. The Morgan fingerprint density at radius 1 is 1.22 bits per heavy atom. The topological polar surface area (TPSA) is 21.3 Å². The second-order valence-electron chi connectivity index (χ2n) is 5.81. The molecule has 3 heteroatoms. The SMILES string of the molecule is C#CCNC1CCCc2ccc(OCc3ccc(Br)cc3)cc21. The van der Waals surface area contributed by atoms with Gasteiger partial charge in [-0.15, -0.1) is 6.42 Å². The monoisotopic (exact) mass is 369 g/mol. The highest BCUT2D eigenvalue weighted by molar-refractivity contribution is 9.10. The van der Waals surface area contributed by atoms with Crippen molar-refractivity contribution in [3.8, 4) is 18.1 Å². The third kappa shape index (κ3) is 4.16. The normalized spacial score (nSPS) is 16.4. The minimum Gasteiger partial charge on any atom is -0.489 e. The number of hydrogen-bond donors (Lipinski definition) is 1. The lowest BCUT2D eigenvalue weighted by atomic mass is 9.87. The van der Waals surface area contributed by atoms with E-state index in [1.807, 2.05) is 12.1 Å². The molecule has 2 aromatic carbocycles. The smallest absolute Gasteiger partial charge is 0.120 e. The minimum absolute atomic E-state index is 0.339. The van der Waals surface area contributed by atoms with E-state index in [4.69, 9.17) is 11.2 Å². The summed E-state index contributed by atoms with van der Waals surface area (Å²) in [6.45, 7) is 1.18. The molecule has 2 nitrogen and oxygen atoms in total. The Bertz CT molecular complexity index is 703. The van der Waals surface area contributed by atoms with E-state index >= 15 is 0 Å². The first-order valence-corrected chi connectivity index (χ1v) is 8.72. The fraction of sp³-hybridized carbons (Fsp3) is 0.300. The lowest BCUT2D eigenvalue weighted by Gasteiger charge is -2.26. The van der Waals surface area contributed by atoms with Gasteiger partial charge in [0.1, 0.15) is 12.4 Å². The molecular weight excluding hydrogens is 350 g/mol. The van der Waals surface area contributed by atoms with Crippen LogP contribution < -0.4 is 10.1 Å². The van der Waals surface area contributed by atoms with E-state index in [1.54, 1.807) is 0 Å². The largest absolute Gasteiger partial charge is 0.489 e. The fourth-order valence-corrected chi connectivity index (χ4v) is 3.27. The molecule has 0 spiro atoms. The van der Waals surface area contributed by atoms with Crippen LogP contribution in [-0.4, -0.2) is 6.54 Å². The van der Waals surface area contributed by atoms with Gasteiger partial charge in [-0.1, -0.05) is 40.0 Å². The van der Waals surface area contributed by atoms with Gasteiger partial charge in [-0.25, -0.2) is 0 Å². The molecule has 1 aliphatic carbocycles. The Labute approximate surface area is 146 Å². The first-order valence-electron chi connectivity index (χ1n) is 7.93. The molecule has 0 aliphatic heterocycles. The van der Waals surface area contributed by atoms with Crippen LogP contribution in [0.15, 0.2) is 46.9 Å².